The zero-order valence-electron chi connectivity index (χ0n) is 18.4. The number of rotatable bonds is 7. The molecule has 2 fully saturated rings. The fourth-order valence-corrected chi connectivity index (χ4v) is 4.51. The first-order valence-corrected chi connectivity index (χ1v) is 11.5. The van der Waals surface area contributed by atoms with Crippen LogP contribution in [-0.2, 0) is 17.6 Å². The first-order chi connectivity index (χ1) is 14.6. The second kappa shape index (κ2) is 9.59. The van der Waals surface area contributed by atoms with Crippen LogP contribution < -0.4 is 9.80 Å². The van der Waals surface area contributed by atoms with Gasteiger partial charge in [0.25, 0.3) is 0 Å². The minimum Gasteiger partial charge on any atom is -0.357 e. The molecular weight excluding hydrogens is 372 g/mol. The number of anilines is 2. The molecule has 0 spiro atoms. The first-order valence-electron chi connectivity index (χ1n) is 11.5. The summed E-state index contributed by atoms with van der Waals surface area (Å²) in [7, 11) is 0. The number of carbonyl (C=O) groups is 1. The topological polar surface area (TPSA) is 49.3 Å². The Morgan fingerprint density at radius 1 is 1.03 bits per heavy atom. The van der Waals surface area contributed by atoms with Gasteiger partial charge in [0, 0.05) is 50.9 Å². The van der Waals surface area contributed by atoms with Crippen LogP contribution in [0, 0.1) is 12.8 Å². The van der Waals surface area contributed by atoms with Crippen LogP contribution in [0.5, 0.6) is 0 Å². The minimum absolute atomic E-state index is 0.268. The molecule has 0 bridgehead atoms. The molecule has 4 heterocycles. The molecule has 0 amide bonds. The number of ketones is 1. The van der Waals surface area contributed by atoms with Gasteiger partial charge in [-0.05, 0) is 68.2 Å². The van der Waals surface area contributed by atoms with Gasteiger partial charge in [0.05, 0.1) is 0 Å². The van der Waals surface area contributed by atoms with Crippen molar-refractivity contribution in [2.45, 2.75) is 58.8 Å². The molecule has 2 aliphatic rings. The van der Waals surface area contributed by atoms with Crippen molar-refractivity contribution in [3.8, 4) is 0 Å². The van der Waals surface area contributed by atoms with Gasteiger partial charge in [0.1, 0.15) is 17.4 Å². The van der Waals surface area contributed by atoms with E-state index in [1.54, 1.807) is 0 Å². The predicted octanol–water partition coefficient (Wildman–Crippen LogP) is 4.37. The number of Topliss-reactive ketones (excluding diaryl/α,β-unsaturated/α-hetero) is 1. The third kappa shape index (κ3) is 5.18. The fraction of sp³-hybridized carbons (Fsp3) is 0.560. The zero-order valence-corrected chi connectivity index (χ0v) is 18.4. The van der Waals surface area contributed by atoms with Crippen molar-refractivity contribution in [1.82, 2.24) is 9.97 Å². The van der Waals surface area contributed by atoms with E-state index < -0.39 is 0 Å². The van der Waals surface area contributed by atoms with Gasteiger partial charge >= 0.3 is 0 Å². The summed E-state index contributed by atoms with van der Waals surface area (Å²) in [4.78, 5) is 26.8. The highest BCUT2D eigenvalue weighted by molar-refractivity contribution is 5.81. The number of carbonyl (C=O) groups excluding carboxylic acids is 1. The van der Waals surface area contributed by atoms with Crippen molar-refractivity contribution < 1.29 is 4.79 Å². The second-order valence-corrected chi connectivity index (χ2v) is 9.04. The van der Waals surface area contributed by atoms with Crippen LogP contribution in [0.15, 0.2) is 30.5 Å². The lowest BCUT2D eigenvalue weighted by Gasteiger charge is -2.32. The van der Waals surface area contributed by atoms with Gasteiger partial charge in [0.2, 0.25) is 0 Å². The van der Waals surface area contributed by atoms with Crippen LogP contribution >= 0.6 is 0 Å². The average molecular weight is 407 g/mol. The smallest absolute Gasteiger partial charge is 0.137 e. The van der Waals surface area contributed by atoms with E-state index in [0.29, 0.717) is 12.8 Å². The van der Waals surface area contributed by atoms with Crippen molar-refractivity contribution in [2.75, 3.05) is 36.0 Å². The maximum atomic E-state index is 12.7. The summed E-state index contributed by atoms with van der Waals surface area (Å²) in [5.41, 5.74) is 3.25. The number of aromatic nitrogens is 2. The highest BCUT2D eigenvalue weighted by Gasteiger charge is 2.20. The molecule has 5 nitrogen and oxygen atoms in total. The van der Waals surface area contributed by atoms with Crippen LogP contribution in [0.2, 0.25) is 0 Å². The van der Waals surface area contributed by atoms with E-state index in [1.165, 1.54) is 31.2 Å². The standard InChI is InChI=1S/C25H34N4O/c1-19-11-15-29(16-12-19)25-22(7-5-20(2)27-25)8-9-23(30)17-21-6-10-24(26-18-21)28-13-3-4-14-28/h5-7,10,18-19H,3-4,8-9,11-17H2,1-2H3. The lowest BCUT2D eigenvalue weighted by molar-refractivity contribution is -0.118. The average Bonchev–Trinajstić information content (AvgIpc) is 3.29. The van der Waals surface area contributed by atoms with Crippen molar-refractivity contribution in [1.29, 1.82) is 0 Å². The SMILES string of the molecule is Cc1ccc(CCC(=O)Cc2ccc(N3CCCC3)nc2)c(N2CCC(C)CC2)n1. The lowest BCUT2D eigenvalue weighted by atomic mass is 9.98. The normalized spacial score (nSPS) is 17.5. The monoisotopic (exact) mass is 406 g/mol. The van der Waals surface area contributed by atoms with E-state index in [4.69, 9.17) is 4.98 Å². The number of nitrogens with zero attached hydrogens (tertiary/aromatic N) is 4. The quantitative estimate of drug-likeness (QED) is 0.683. The van der Waals surface area contributed by atoms with E-state index in [0.717, 1.165) is 61.4 Å². The van der Waals surface area contributed by atoms with Crippen LogP contribution in [-0.4, -0.2) is 41.9 Å². The maximum absolute atomic E-state index is 12.7. The highest BCUT2D eigenvalue weighted by Crippen LogP contribution is 2.26. The fourth-order valence-electron chi connectivity index (χ4n) is 4.51. The molecule has 0 atom stereocenters. The Hall–Kier alpha value is -2.43. The Labute approximate surface area is 180 Å². The molecule has 0 aromatic carbocycles. The molecule has 0 unspecified atom stereocenters. The number of aryl methyl sites for hydroxylation is 2. The third-order valence-electron chi connectivity index (χ3n) is 6.49. The van der Waals surface area contributed by atoms with Crippen molar-refractivity contribution in [3.05, 3.63) is 47.3 Å². The Bertz CT molecular complexity index is 850. The number of hydrogen-bond acceptors (Lipinski definition) is 5. The van der Waals surface area contributed by atoms with Gasteiger partial charge in [-0.15, -0.1) is 0 Å². The van der Waals surface area contributed by atoms with Gasteiger partial charge < -0.3 is 9.80 Å². The summed E-state index contributed by atoms with van der Waals surface area (Å²) in [6.07, 6.45) is 8.57. The molecule has 5 heteroatoms. The predicted molar refractivity (Wildman–Crippen MR) is 122 cm³/mol. The summed E-state index contributed by atoms with van der Waals surface area (Å²) >= 11 is 0. The molecule has 2 aromatic rings. The Morgan fingerprint density at radius 3 is 2.50 bits per heavy atom. The van der Waals surface area contributed by atoms with E-state index in [1.807, 2.05) is 13.1 Å². The molecule has 0 N–H and O–H groups in total. The van der Waals surface area contributed by atoms with Gasteiger partial charge in [-0.2, -0.15) is 0 Å². The summed E-state index contributed by atoms with van der Waals surface area (Å²) in [6.45, 7) is 8.68. The maximum Gasteiger partial charge on any atom is 0.137 e. The van der Waals surface area contributed by atoms with Crippen molar-refractivity contribution in [3.63, 3.8) is 0 Å². The Kier molecular flexibility index (Phi) is 6.66. The highest BCUT2D eigenvalue weighted by atomic mass is 16.1. The van der Waals surface area contributed by atoms with Crippen molar-refractivity contribution in [2.24, 2.45) is 5.92 Å². The van der Waals surface area contributed by atoms with Gasteiger partial charge in [-0.1, -0.05) is 19.1 Å². The molecule has 0 saturated carbocycles. The largest absolute Gasteiger partial charge is 0.357 e. The second-order valence-electron chi connectivity index (χ2n) is 9.04. The molecule has 30 heavy (non-hydrogen) atoms. The number of piperidine rings is 1. The van der Waals surface area contributed by atoms with Crippen LogP contribution in [0.25, 0.3) is 0 Å². The molecule has 160 valence electrons. The van der Waals surface area contributed by atoms with Gasteiger partial charge in [-0.25, -0.2) is 9.97 Å². The number of hydrogen-bond donors (Lipinski definition) is 0. The molecule has 0 aliphatic carbocycles. The minimum atomic E-state index is 0.268. The summed E-state index contributed by atoms with van der Waals surface area (Å²) in [5, 5.41) is 0. The number of pyridine rings is 2. The van der Waals surface area contributed by atoms with Crippen LogP contribution in [0.1, 0.15) is 55.8 Å². The summed E-state index contributed by atoms with van der Waals surface area (Å²) < 4.78 is 0. The van der Waals surface area contributed by atoms with E-state index in [-0.39, 0.29) is 5.78 Å². The lowest BCUT2D eigenvalue weighted by Crippen LogP contribution is -2.34. The van der Waals surface area contributed by atoms with Gasteiger partial charge in [0.15, 0.2) is 0 Å². The Balaban J connectivity index is 1.34. The third-order valence-corrected chi connectivity index (χ3v) is 6.49. The first kappa shape index (κ1) is 20.8. The molecule has 2 aromatic heterocycles. The van der Waals surface area contributed by atoms with E-state index >= 15 is 0 Å². The Morgan fingerprint density at radius 2 is 1.80 bits per heavy atom. The molecule has 4 rings (SSSR count). The molecule has 2 saturated heterocycles. The van der Waals surface area contributed by atoms with Gasteiger partial charge in [-0.3, -0.25) is 4.79 Å². The summed E-state index contributed by atoms with van der Waals surface area (Å²) in [5.74, 6) is 3.19. The van der Waals surface area contributed by atoms with E-state index in [2.05, 4.69) is 46.0 Å². The van der Waals surface area contributed by atoms with E-state index in [9.17, 15) is 4.79 Å². The molecule has 0 radical (unpaired) electrons. The van der Waals surface area contributed by atoms with Crippen LogP contribution in [0.3, 0.4) is 0 Å². The van der Waals surface area contributed by atoms with Crippen molar-refractivity contribution >= 4 is 17.4 Å². The zero-order chi connectivity index (χ0) is 20.9. The molecular formula is C25H34N4O. The summed E-state index contributed by atoms with van der Waals surface area (Å²) in [6, 6.07) is 8.35. The van der Waals surface area contributed by atoms with Crippen LogP contribution in [0.4, 0.5) is 11.6 Å². The molecule has 2 aliphatic heterocycles.